The molecule has 0 atom stereocenters. The van der Waals surface area contributed by atoms with E-state index in [-0.39, 0.29) is 0 Å². The van der Waals surface area contributed by atoms with Gasteiger partial charge >= 0.3 is 8.80 Å². The molecule has 0 amide bonds. The third-order valence-corrected chi connectivity index (χ3v) is 6.52. The van der Waals surface area contributed by atoms with Crippen molar-refractivity contribution in [3.05, 3.63) is 104 Å². The van der Waals surface area contributed by atoms with E-state index in [2.05, 4.69) is 6.58 Å². The Balaban J connectivity index is 1.91. The fourth-order valence-electron chi connectivity index (χ4n) is 2.68. The topological polar surface area (TPSA) is 36.9 Å². The van der Waals surface area contributed by atoms with Crippen LogP contribution in [-0.4, -0.2) is 15.4 Å². The fourth-order valence-corrected chi connectivity index (χ4v) is 5.17. The van der Waals surface area contributed by atoms with Gasteiger partial charge in [0, 0.05) is 0 Å². The first-order valence-electron chi connectivity index (χ1n) is 9.24. The second-order valence-electron chi connectivity index (χ2n) is 6.07. The molecule has 0 radical (unpaired) electrons. The minimum Gasteiger partial charge on any atom is -0.502 e. The molecule has 0 saturated carbocycles. The maximum Gasteiger partial charge on any atom is 0.699 e. The lowest BCUT2D eigenvalue weighted by molar-refractivity contribution is 0.227. The zero-order chi connectivity index (χ0) is 19.5. The Labute approximate surface area is 167 Å². The lowest BCUT2D eigenvalue weighted by atomic mass is 10.3. The smallest absolute Gasteiger partial charge is 0.502 e. The molecule has 5 heteroatoms. The number of ether oxygens (including phenoxy) is 1. The molecule has 0 aliphatic heterocycles. The van der Waals surface area contributed by atoms with Crippen LogP contribution in [0.25, 0.3) is 0 Å². The summed E-state index contributed by atoms with van der Waals surface area (Å²) >= 11 is 0. The Hall–Kier alpha value is -3.18. The lowest BCUT2D eigenvalue weighted by Gasteiger charge is -2.30. The molecule has 0 unspecified atom stereocenters. The number of hydrogen-bond donors (Lipinski definition) is 0. The van der Waals surface area contributed by atoms with Crippen molar-refractivity contribution in [3.8, 4) is 17.2 Å². The van der Waals surface area contributed by atoms with Crippen molar-refractivity contribution in [3.63, 3.8) is 0 Å². The third-order valence-electron chi connectivity index (χ3n) is 3.91. The van der Waals surface area contributed by atoms with Crippen LogP contribution in [0.2, 0.25) is 6.04 Å². The Morgan fingerprint density at radius 3 is 1.39 bits per heavy atom. The SMILES string of the molecule is C=COCCC[Si](Oc1ccccc1)(Oc1ccccc1)Oc1ccccc1. The minimum atomic E-state index is -3.18. The van der Waals surface area contributed by atoms with Crippen LogP contribution in [0.5, 0.6) is 17.2 Å². The van der Waals surface area contributed by atoms with Crippen molar-refractivity contribution >= 4 is 8.80 Å². The summed E-state index contributed by atoms with van der Waals surface area (Å²) in [6, 6.07) is 29.5. The Morgan fingerprint density at radius 1 is 0.643 bits per heavy atom. The first kappa shape index (κ1) is 19.6. The molecule has 0 bridgehead atoms. The van der Waals surface area contributed by atoms with E-state index in [0.717, 1.165) is 0 Å². The van der Waals surface area contributed by atoms with Crippen LogP contribution in [0, 0.1) is 0 Å². The van der Waals surface area contributed by atoms with Crippen LogP contribution in [-0.2, 0) is 4.74 Å². The first-order valence-corrected chi connectivity index (χ1v) is 11.2. The predicted molar refractivity (Wildman–Crippen MR) is 113 cm³/mol. The van der Waals surface area contributed by atoms with Gasteiger partial charge in [-0.25, -0.2) is 0 Å². The summed E-state index contributed by atoms with van der Waals surface area (Å²) in [4.78, 5) is 0. The average Bonchev–Trinajstić information content (AvgIpc) is 2.73. The second-order valence-corrected chi connectivity index (χ2v) is 8.55. The number of hydrogen-bond acceptors (Lipinski definition) is 4. The van der Waals surface area contributed by atoms with Gasteiger partial charge in [-0.2, -0.15) is 0 Å². The highest BCUT2D eigenvalue weighted by atomic mass is 28.4. The third kappa shape index (κ3) is 5.92. The van der Waals surface area contributed by atoms with Crippen molar-refractivity contribution in [2.75, 3.05) is 6.61 Å². The molecule has 3 aromatic carbocycles. The summed E-state index contributed by atoms with van der Waals surface area (Å²) in [5, 5.41) is 0. The van der Waals surface area contributed by atoms with E-state index >= 15 is 0 Å². The van der Waals surface area contributed by atoms with Gasteiger partial charge in [-0.1, -0.05) is 61.2 Å². The summed E-state index contributed by atoms with van der Waals surface area (Å²) in [5.74, 6) is 2.14. The van der Waals surface area contributed by atoms with Gasteiger partial charge in [0.05, 0.1) is 18.9 Å². The van der Waals surface area contributed by atoms with Crippen molar-refractivity contribution in [2.45, 2.75) is 12.5 Å². The van der Waals surface area contributed by atoms with E-state index in [4.69, 9.17) is 18.0 Å². The molecular weight excluding hydrogens is 368 g/mol. The summed E-state index contributed by atoms with van der Waals surface area (Å²) in [6.07, 6.45) is 2.15. The number of benzene rings is 3. The number of para-hydroxylation sites is 3. The van der Waals surface area contributed by atoms with Crippen LogP contribution in [0.3, 0.4) is 0 Å². The lowest BCUT2D eigenvalue weighted by Crippen LogP contribution is -2.55. The van der Waals surface area contributed by atoms with Crippen LogP contribution < -0.4 is 13.3 Å². The number of rotatable bonds is 11. The molecule has 4 nitrogen and oxygen atoms in total. The second kappa shape index (κ2) is 10.2. The molecule has 144 valence electrons. The van der Waals surface area contributed by atoms with Gasteiger partial charge in [-0.05, 0) is 42.8 Å². The molecule has 0 fully saturated rings. The standard InChI is InChI=1S/C23H24O4Si/c1-2-24-19-12-20-28(25-21-13-6-3-7-14-21,26-22-15-8-4-9-16-22)27-23-17-10-5-11-18-23/h2-11,13-18H,1,12,19-20H2. The predicted octanol–water partition coefficient (Wildman–Crippen LogP) is 5.71. The van der Waals surface area contributed by atoms with Gasteiger partial charge in [-0.15, -0.1) is 0 Å². The van der Waals surface area contributed by atoms with E-state index < -0.39 is 8.80 Å². The highest BCUT2D eigenvalue weighted by Gasteiger charge is 2.48. The maximum absolute atomic E-state index is 6.40. The summed E-state index contributed by atoms with van der Waals surface area (Å²) < 4.78 is 24.5. The van der Waals surface area contributed by atoms with E-state index in [0.29, 0.717) is 36.3 Å². The Kier molecular flexibility index (Phi) is 7.15. The molecule has 0 N–H and O–H groups in total. The molecule has 28 heavy (non-hydrogen) atoms. The highest BCUT2D eigenvalue weighted by Crippen LogP contribution is 2.27. The summed E-state index contributed by atoms with van der Waals surface area (Å²) in [6.45, 7) is 4.11. The molecule has 3 rings (SSSR count). The molecule has 0 aromatic heterocycles. The summed E-state index contributed by atoms with van der Waals surface area (Å²) in [5.41, 5.74) is 0. The van der Waals surface area contributed by atoms with E-state index in [1.807, 2.05) is 91.0 Å². The van der Waals surface area contributed by atoms with Crippen LogP contribution in [0.1, 0.15) is 6.42 Å². The van der Waals surface area contributed by atoms with Crippen molar-refractivity contribution < 1.29 is 18.0 Å². The van der Waals surface area contributed by atoms with Gasteiger partial charge in [-0.3, -0.25) is 0 Å². The molecule has 0 heterocycles. The van der Waals surface area contributed by atoms with Crippen LogP contribution in [0.15, 0.2) is 104 Å². The van der Waals surface area contributed by atoms with Gasteiger partial charge < -0.3 is 18.0 Å². The quantitative estimate of drug-likeness (QED) is 0.238. The zero-order valence-electron chi connectivity index (χ0n) is 15.7. The van der Waals surface area contributed by atoms with E-state index in [1.165, 1.54) is 6.26 Å². The van der Waals surface area contributed by atoms with Gasteiger partial charge in [0.15, 0.2) is 0 Å². The van der Waals surface area contributed by atoms with Gasteiger partial charge in [0.25, 0.3) is 0 Å². The molecule has 0 aliphatic carbocycles. The van der Waals surface area contributed by atoms with Crippen molar-refractivity contribution in [2.24, 2.45) is 0 Å². The molecular formula is C23H24O4Si. The normalized spacial score (nSPS) is 10.7. The van der Waals surface area contributed by atoms with Crippen molar-refractivity contribution in [1.82, 2.24) is 0 Å². The van der Waals surface area contributed by atoms with E-state index in [1.54, 1.807) is 0 Å². The molecule has 3 aromatic rings. The van der Waals surface area contributed by atoms with Gasteiger partial charge in [0.2, 0.25) is 0 Å². The van der Waals surface area contributed by atoms with Gasteiger partial charge in [0.1, 0.15) is 17.2 Å². The van der Waals surface area contributed by atoms with Crippen LogP contribution >= 0.6 is 0 Å². The summed E-state index contributed by atoms with van der Waals surface area (Å²) in [7, 11) is -3.18. The van der Waals surface area contributed by atoms with E-state index in [9.17, 15) is 0 Å². The Bertz CT molecular complexity index is 724. The fraction of sp³-hybridized carbons (Fsp3) is 0.130. The van der Waals surface area contributed by atoms with Crippen molar-refractivity contribution in [1.29, 1.82) is 0 Å². The average molecular weight is 393 g/mol. The first-order chi connectivity index (χ1) is 13.8. The molecule has 0 spiro atoms. The zero-order valence-corrected chi connectivity index (χ0v) is 16.7. The molecule has 0 aliphatic rings. The monoisotopic (exact) mass is 392 g/mol. The maximum atomic E-state index is 6.40. The Morgan fingerprint density at radius 2 is 1.04 bits per heavy atom. The minimum absolute atomic E-state index is 0.521. The van der Waals surface area contributed by atoms with Crippen LogP contribution in [0.4, 0.5) is 0 Å². The largest absolute Gasteiger partial charge is 0.699 e. The highest BCUT2D eigenvalue weighted by molar-refractivity contribution is 6.63. The molecule has 0 saturated heterocycles.